The minimum Gasteiger partial charge on any atom is -0.490 e. The highest BCUT2D eigenvalue weighted by Gasteiger charge is 2.20. The Morgan fingerprint density at radius 2 is 1.61 bits per heavy atom. The summed E-state index contributed by atoms with van der Waals surface area (Å²) in [4.78, 5) is 11.1. The Hall–Kier alpha value is -2.17. The van der Waals surface area contributed by atoms with E-state index in [9.17, 15) is 4.79 Å². The maximum absolute atomic E-state index is 11.1. The molecule has 1 N–H and O–H groups in total. The minimum atomic E-state index is -0.970. The molecule has 0 aromatic heterocycles. The predicted molar refractivity (Wildman–Crippen MR) is 90.5 cm³/mol. The highest BCUT2D eigenvalue weighted by molar-refractivity contribution is 5.91. The first-order valence-electron chi connectivity index (χ1n) is 8.08. The van der Waals surface area contributed by atoms with Gasteiger partial charge in [0, 0.05) is 11.6 Å². The van der Waals surface area contributed by atoms with Crippen molar-refractivity contribution >= 4 is 11.5 Å². The summed E-state index contributed by atoms with van der Waals surface area (Å²) in [6.45, 7) is 9.11. The molecule has 0 amide bonds. The van der Waals surface area contributed by atoms with Gasteiger partial charge >= 0.3 is 5.97 Å². The van der Waals surface area contributed by atoms with Crippen LogP contribution in [0.15, 0.2) is 18.2 Å². The molecule has 1 aromatic rings. The van der Waals surface area contributed by atoms with Crippen molar-refractivity contribution in [1.82, 2.24) is 0 Å². The smallest absolute Gasteiger partial charge is 0.328 e. The summed E-state index contributed by atoms with van der Waals surface area (Å²) in [5.41, 5.74) is 1.45. The van der Waals surface area contributed by atoms with Gasteiger partial charge in [0.05, 0.1) is 19.8 Å². The summed E-state index contributed by atoms with van der Waals surface area (Å²) in [5.74, 6) is 0.706. The molecule has 1 rings (SSSR count). The number of carboxylic acids is 1. The van der Waals surface area contributed by atoms with E-state index in [-0.39, 0.29) is 0 Å². The highest BCUT2D eigenvalue weighted by Crippen LogP contribution is 2.43. The SMILES string of the molecule is CCC/C(=C\C(=O)O)c1ccc(OCC)c(OCC)c1OCC. The van der Waals surface area contributed by atoms with Crippen molar-refractivity contribution in [2.24, 2.45) is 0 Å². The lowest BCUT2D eigenvalue weighted by Gasteiger charge is -2.19. The molecule has 0 atom stereocenters. The third-order valence-corrected chi connectivity index (χ3v) is 3.12. The number of benzene rings is 1. The third kappa shape index (κ3) is 5.20. The second kappa shape index (κ2) is 9.77. The van der Waals surface area contributed by atoms with Gasteiger partial charge in [0.1, 0.15) is 0 Å². The summed E-state index contributed by atoms with van der Waals surface area (Å²) in [5, 5.41) is 9.13. The van der Waals surface area contributed by atoms with Crippen molar-refractivity contribution in [2.45, 2.75) is 40.5 Å². The zero-order chi connectivity index (χ0) is 17.2. The van der Waals surface area contributed by atoms with E-state index < -0.39 is 5.97 Å². The number of rotatable bonds is 10. The summed E-state index contributed by atoms with van der Waals surface area (Å²) < 4.78 is 17.1. The number of hydrogen-bond donors (Lipinski definition) is 1. The Bertz CT molecular complexity index is 549. The lowest BCUT2D eigenvalue weighted by atomic mass is 9.99. The van der Waals surface area contributed by atoms with E-state index in [1.165, 1.54) is 6.08 Å². The number of carboxylic acid groups (broad SMARTS) is 1. The van der Waals surface area contributed by atoms with Gasteiger partial charge in [-0.2, -0.15) is 0 Å². The monoisotopic (exact) mass is 322 g/mol. The maximum atomic E-state index is 11.1. The first-order chi connectivity index (χ1) is 11.1. The van der Waals surface area contributed by atoms with Gasteiger partial charge in [0.25, 0.3) is 0 Å². The molecule has 0 spiro atoms. The Morgan fingerprint density at radius 1 is 1.00 bits per heavy atom. The van der Waals surface area contributed by atoms with Crippen LogP contribution in [0.25, 0.3) is 5.57 Å². The predicted octanol–water partition coefficient (Wildman–Crippen LogP) is 4.15. The highest BCUT2D eigenvalue weighted by atomic mass is 16.5. The largest absolute Gasteiger partial charge is 0.490 e. The molecular weight excluding hydrogens is 296 g/mol. The molecule has 5 nitrogen and oxygen atoms in total. The number of hydrogen-bond acceptors (Lipinski definition) is 4. The summed E-state index contributed by atoms with van der Waals surface area (Å²) in [6, 6.07) is 3.64. The molecule has 5 heteroatoms. The van der Waals surface area contributed by atoms with Gasteiger partial charge < -0.3 is 19.3 Å². The van der Waals surface area contributed by atoms with Crippen LogP contribution in [0.2, 0.25) is 0 Å². The van der Waals surface area contributed by atoms with Gasteiger partial charge in [-0.05, 0) is 44.9 Å². The topological polar surface area (TPSA) is 65.0 Å². The molecule has 0 unspecified atom stereocenters. The zero-order valence-corrected chi connectivity index (χ0v) is 14.3. The van der Waals surface area contributed by atoms with Crippen LogP contribution in [0.4, 0.5) is 0 Å². The zero-order valence-electron chi connectivity index (χ0n) is 14.3. The van der Waals surface area contributed by atoms with Crippen molar-refractivity contribution in [1.29, 1.82) is 0 Å². The van der Waals surface area contributed by atoms with Gasteiger partial charge in [-0.3, -0.25) is 0 Å². The van der Waals surface area contributed by atoms with Crippen LogP contribution >= 0.6 is 0 Å². The Labute approximate surface area is 137 Å². The van der Waals surface area contributed by atoms with Crippen LogP contribution in [0.3, 0.4) is 0 Å². The molecular formula is C18H26O5. The number of allylic oxidation sites excluding steroid dienone is 1. The molecule has 0 bridgehead atoms. The van der Waals surface area contributed by atoms with E-state index in [1.807, 2.05) is 33.8 Å². The van der Waals surface area contributed by atoms with Crippen LogP contribution in [-0.2, 0) is 4.79 Å². The van der Waals surface area contributed by atoms with E-state index in [1.54, 1.807) is 6.07 Å². The molecule has 0 aliphatic carbocycles. The summed E-state index contributed by atoms with van der Waals surface area (Å²) in [6.07, 6.45) is 2.71. The third-order valence-electron chi connectivity index (χ3n) is 3.12. The maximum Gasteiger partial charge on any atom is 0.328 e. The van der Waals surface area contributed by atoms with Crippen molar-refractivity contribution in [3.63, 3.8) is 0 Å². The Morgan fingerprint density at radius 3 is 2.13 bits per heavy atom. The molecule has 0 heterocycles. The first kappa shape index (κ1) is 18.9. The van der Waals surface area contributed by atoms with Crippen molar-refractivity contribution in [3.8, 4) is 17.2 Å². The molecule has 1 aromatic carbocycles. The average Bonchev–Trinajstić information content (AvgIpc) is 2.50. The van der Waals surface area contributed by atoms with Gasteiger partial charge in [-0.25, -0.2) is 4.79 Å². The van der Waals surface area contributed by atoms with E-state index >= 15 is 0 Å². The van der Waals surface area contributed by atoms with Crippen molar-refractivity contribution < 1.29 is 24.1 Å². The minimum absolute atomic E-state index is 0.454. The first-order valence-corrected chi connectivity index (χ1v) is 8.08. The molecule has 23 heavy (non-hydrogen) atoms. The second-order valence-electron chi connectivity index (χ2n) is 4.83. The fourth-order valence-corrected chi connectivity index (χ4v) is 2.34. The normalized spacial score (nSPS) is 11.2. The summed E-state index contributed by atoms with van der Waals surface area (Å²) >= 11 is 0. The Kier molecular flexibility index (Phi) is 8.02. The lowest BCUT2D eigenvalue weighted by molar-refractivity contribution is -0.131. The summed E-state index contributed by atoms with van der Waals surface area (Å²) in [7, 11) is 0. The quantitative estimate of drug-likeness (QED) is 0.656. The fraction of sp³-hybridized carbons (Fsp3) is 0.500. The standard InChI is InChI=1S/C18H26O5/c1-5-9-13(12-16(19)20)14-10-11-15(21-6-2)18(23-8-4)17(14)22-7-3/h10-12H,5-9H2,1-4H3,(H,19,20)/b13-12+. The van der Waals surface area contributed by atoms with Crippen LogP contribution < -0.4 is 14.2 Å². The molecule has 0 saturated carbocycles. The average molecular weight is 322 g/mol. The van der Waals surface area contributed by atoms with Gasteiger partial charge in [-0.15, -0.1) is 0 Å². The molecule has 0 saturated heterocycles. The number of carbonyl (C=O) groups is 1. The van der Waals surface area contributed by atoms with Gasteiger partial charge in [0.2, 0.25) is 5.75 Å². The molecule has 0 aliphatic rings. The van der Waals surface area contributed by atoms with E-state index in [2.05, 4.69) is 0 Å². The van der Waals surface area contributed by atoms with Crippen LogP contribution in [0.5, 0.6) is 17.2 Å². The molecule has 0 radical (unpaired) electrons. The molecule has 0 aliphatic heterocycles. The van der Waals surface area contributed by atoms with Crippen LogP contribution in [-0.4, -0.2) is 30.9 Å². The molecule has 128 valence electrons. The van der Waals surface area contributed by atoms with Crippen LogP contribution in [0, 0.1) is 0 Å². The number of ether oxygens (including phenoxy) is 3. The van der Waals surface area contributed by atoms with E-state index in [4.69, 9.17) is 19.3 Å². The van der Waals surface area contributed by atoms with Gasteiger partial charge in [0.15, 0.2) is 11.5 Å². The fourth-order valence-electron chi connectivity index (χ4n) is 2.34. The van der Waals surface area contributed by atoms with E-state index in [0.717, 1.165) is 12.0 Å². The van der Waals surface area contributed by atoms with Crippen LogP contribution in [0.1, 0.15) is 46.1 Å². The second-order valence-corrected chi connectivity index (χ2v) is 4.83. The van der Waals surface area contributed by atoms with Gasteiger partial charge in [-0.1, -0.05) is 13.3 Å². The van der Waals surface area contributed by atoms with Crippen molar-refractivity contribution in [3.05, 3.63) is 23.8 Å². The van der Waals surface area contributed by atoms with E-state index in [0.29, 0.717) is 49.1 Å². The number of aliphatic carboxylic acids is 1. The Balaban J connectivity index is 3.50. The molecule has 0 fully saturated rings. The van der Waals surface area contributed by atoms with Crippen molar-refractivity contribution in [2.75, 3.05) is 19.8 Å². The lowest BCUT2D eigenvalue weighted by Crippen LogP contribution is -2.05.